The molecule has 0 bridgehead atoms. The molecule has 1 unspecified atom stereocenters. The highest BCUT2D eigenvalue weighted by Crippen LogP contribution is 2.41. The summed E-state index contributed by atoms with van der Waals surface area (Å²) in [6.07, 6.45) is 1.95. The van der Waals surface area contributed by atoms with Crippen molar-refractivity contribution in [1.29, 1.82) is 5.26 Å². The lowest BCUT2D eigenvalue weighted by atomic mass is 10.0. The Hall–Kier alpha value is -2.74. The van der Waals surface area contributed by atoms with Crippen molar-refractivity contribution in [2.45, 2.75) is 45.4 Å². The van der Waals surface area contributed by atoms with E-state index in [1.54, 1.807) is 0 Å². The number of benzene rings is 1. The summed E-state index contributed by atoms with van der Waals surface area (Å²) < 4.78 is 2.01. The van der Waals surface area contributed by atoms with E-state index in [-0.39, 0.29) is 12.1 Å². The monoisotopic (exact) mass is 320 g/mol. The molecule has 1 N–H and O–H groups in total. The number of carbonyl (C=O) groups is 1. The third-order valence-corrected chi connectivity index (χ3v) is 5.04. The minimum atomic E-state index is -0.168. The highest BCUT2D eigenvalue weighted by Gasteiger charge is 2.42. The summed E-state index contributed by atoms with van der Waals surface area (Å²) in [6.45, 7) is 4.36. The van der Waals surface area contributed by atoms with Crippen LogP contribution < -0.4 is 5.32 Å². The fourth-order valence-corrected chi connectivity index (χ4v) is 3.64. The van der Waals surface area contributed by atoms with Gasteiger partial charge in [0.25, 0.3) is 5.91 Å². The van der Waals surface area contributed by atoms with Gasteiger partial charge in [0.15, 0.2) is 0 Å². The van der Waals surface area contributed by atoms with E-state index in [0.717, 1.165) is 41.0 Å². The van der Waals surface area contributed by atoms with E-state index in [1.165, 1.54) is 0 Å². The molecule has 122 valence electrons. The Morgan fingerprint density at radius 3 is 2.75 bits per heavy atom. The highest BCUT2D eigenvalue weighted by molar-refractivity contribution is 6.02. The number of nitrogens with zero attached hydrogens (tertiary/aromatic N) is 3. The van der Waals surface area contributed by atoms with Crippen LogP contribution in [-0.2, 0) is 6.54 Å². The number of amides is 1. The second-order valence-corrected chi connectivity index (χ2v) is 6.61. The molecule has 0 saturated heterocycles. The maximum atomic E-state index is 13.0. The molecule has 24 heavy (non-hydrogen) atoms. The minimum Gasteiger partial charge on any atom is -0.361 e. The van der Waals surface area contributed by atoms with Crippen LogP contribution in [0.5, 0.6) is 0 Å². The van der Waals surface area contributed by atoms with Crippen LogP contribution in [0, 0.1) is 25.2 Å². The zero-order valence-electron chi connectivity index (χ0n) is 13.9. The van der Waals surface area contributed by atoms with Crippen molar-refractivity contribution in [2.24, 2.45) is 0 Å². The van der Waals surface area contributed by atoms with Crippen LogP contribution >= 0.6 is 0 Å². The van der Waals surface area contributed by atoms with Crippen LogP contribution in [0.1, 0.15) is 46.3 Å². The first kappa shape index (κ1) is 14.8. The average Bonchev–Trinajstić information content (AvgIpc) is 3.37. The molecule has 1 atom stereocenters. The summed E-state index contributed by atoms with van der Waals surface area (Å²) >= 11 is 0. The van der Waals surface area contributed by atoms with Gasteiger partial charge in [-0.3, -0.25) is 4.79 Å². The molecule has 2 heterocycles. The van der Waals surface area contributed by atoms with E-state index in [9.17, 15) is 4.79 Å². The van der Waals surface area contributed by atoms with Gasteiger partial charge in [0, 0.05) is 28.7 Å². The number of aryl methyl sites for hydroxylation is 1. The fourth-order valence-electron chi connectivity index (χ4n) is 3.64. The predicted octanol–water partition coefficient (Wildman–Crippen LogP) is 3.36. The van der Waals surface area contributed by atoms with Gasteiger partial charge in [0.1, 0.15) is 12.7 Å². The standard InChI is InChI=1S/C19H20N4O/c1-12-11-16(13(2)22(12)10-9-20)18-21-17-6-4-3-5-15(17)19(24)23(18)14-7-8-14/h3-6,11,14,18,21H,7-8,10H2,1-2H3. The van der Waals surface area contributed by atoms with Crippen LogP contribution in [0.15, 0.2) is 30.3 Å². The molecular formula is C19H20N4O. The van der Waals surface area contributed by atoms with Crippen molar-refractivity contribution in [1.82, 2.24) is 9.47 Å². The van der Waals surface area contributed by atoms with Gasteiger partial charge in [-0.2, -0.15) is 5.26 Å². The number of aromatic nitrogens is 1. The number of hydrogen-bond acceptors (Lipinski definition) is 3. The number of hydrogen-bond donors (Lipinski definition) is 1. The van der Waals surface area contributed by atoms with Gasteiger partial charge in [0.05, 0.1) is 11.6 Å². The van der Waals surface area contributed by atoms with Gasteiger partial charge in [-0.25, -0.2) is 0 Å². The maximum absolute atomic E-state index is 13.0. The largest absolute Gasteiger partial charge is 0.361 e. The Morgan fingerprint density at radius 2 is 2.04 bits per heavy atom. The summed E-state index contributed by atoms with van der Waals surface area (Å²) in [5.41, 5.74) is 4.80. The van der Waals surface area contributed by atoms with Crippen LogP contribution in [0.3, 0.4) is 0 Å². The Morgan fingerprint density at radius 1 is 1.29 bits per heavy atom. The summed E-state index contributed by atoms with van der Waals surface area (Å²) in [7, 11) is 0. The quantitative estimate of drug-likeness (QED) is 0.943. The molecule has 1 saturated carbocycles. The number of para-hydroxylation sites is 1. The molecule has 1 aromatic heterocycles. The smallest absolute Gasteiger partial charge is 0.258 e. The summed E-state index contributed by atoms with van der Waals surface area (Å²) in [5, 5.41) is 12.6. The number of carbonyl (C=O) groups excluding carboxylic acids is 1. The van der Waals surface area contributed by atoms with Crippen molar-refractivity contribution in [3.05, 3.63) is 52.8 Å². The summed E-state index contributed by atoms with van der Waals surface area (Å²) in [6, 6.07) is 12.3. The summed E-state index contributed by atoms with van der Waals surface area (Å²) in [5.74, 6) is 0.0990. The van der Waals surface area contributed by atoms with Crippen LogP contribution in [0.25, 0.3) is 0 Å². The van der Waals surface area contributed by atoms with Gasteiger partial charge in [0.2, 0.25) is 0 Å². The Labute approximate surface area is 141 Å². The molecule has 1 fully saturated rings. The molecule has 0 spiro atoms. The third-order valence-electron chi connectivity index (χ3n) is 5.04. The molecule has 5 heteroatoms. The first-order valence-corrected chi connectivity index (χ1v) is 8.33. The van der Waals surface area contributed by atoms with E-state index in [1.807, 2.05) is 47.6 Å². The number of fused-ring (bicyclic) bond motifs is 1. The van der Waals surface area contributed by atoms with Crippen LogP contribution in [0.4, 0.5) is 5.69 Å². The Kier molecular flexibility index (Phi) is 3.34. The van der Waals surface area contributed by atoms with Gasteiger partial charge < -0.3 is 14.8 Å². The molecular weight excluding hydrogens is 300 g/mol. The van der Waals surface area contributed by atoms with Crippen LogP contribution in [0.2, 0.25) is 0 Å². The zero-order valence-corrected chi connectivity index (χ0v) is 13.9. The molecule has 4 rings (SSSR count). The lowest BCUT2D eigenvalue weighted by molar-refractivity contribution is 0.0666. The SMILES string of the molecule is Cc1cc(C2Nc3ccccc3C(=O)N2C2CC2)c(C)n1CC#N. The topological polar surface area (TPSA) is 61.1 Å². The van der Waals surface area contributed by atoms with Crippen molar-refractivity contribution in [2.75, 3.05) is 5.32 Å². The normalized spacial score (nSPS) is 19.6. The second-order valence-electron chi connectivity index (χ2n) is 6.61. The molecule has 1 aromatic carbocycles. The Bertz CT molecular complexity index is 857. The van der Waals surface area contributed by atoms with Crippen molar-refractivity contribution in [3.63, 3.8) is 0 Å². The maximum Gasteiger partial charge on any atom is 0.258 e. The van der Waals surface area contributed by atoms with E-state index < -0.39 is 0 Å². The highest BCUT2D eigenvalue weighted by atomic mass is 16.2. The Balaban J connectivity index is 1.81. The molecule has 0 radical (unpaired) electrons. The average molecular weight is 320 g/mol. The van der Waals surface area contributed by atoms with Gasteiger partial charge in [-0.05, 0) is 44.9 Å². The number of nitrogens with one attached hydrogen (secondary N) is 1. The first-order valence-electron chi connectivity index (χ1n) is 8.33. The molecule has 5 nitrogen and oxygen atoms in total. The zero-order chi connectivity index (χ0) is 16.8. The van der Waals surface area contributed by atoms with Gasteiger partial charge >= 0.3 is 0 Å². The van der Waals surface area contributed by atoms with E-state index in [4.69, 9.17) is 5.26 Å². The van der Waals surface area contributed by atoms with Crippen LogP contribution in [-0.4, -0.2) is 21.4 Å². The van der Waals surface area contributed by atoms with Crippen molar-refractivity contribution < 1.29 is 4.79 Å². The first-order chi connectivity index (χ1) is 11.6. The van der Waals surface area contributed by atoms with E-state index in [0.29, 0.717) is 12.6 Å². The fraction of sp³-hybridized carbons (Fsp3) is 0.368. The second kappa shape index (κ2) is 5.41. The van der Waals surface area contributed by atoms with E-state index in [2.05, 4.69) is 17.5 Å². The number of anilines is 1. The molecule has 1 amide bonds. The van der Waals surface area contributed by atoms with Crippen molar-refractivity contribution >= 4 is 11.6 Å². The molecule has 2 aromatic rings. The third kappa shape index (κ3) is 2.18. The lowest BCUT2D eigenvalue weighted by Gasteiger charge is -2.38. The number of nitriles is 1. The van der Waals surface area contributed by atoms with E-state index >= 15 is 0 Å². The predicted molar refractivity (Wildman–Crippen MR) is 91.5 cm³/mol. The number of rotatable bonds is 3. The van der Waals surface area contributed by atoms with Gasteiger partial charge in [-0.15, -0.1) is 0 Å². The van der Waals surface area contributed by atoms with Gasteiger partial charge in [-0.1, -0.05) is 12.1 Å². The molecule has 1 aliphatic carbocycles. The lowest BCUT2D eigenvalue weighted by Crippen LogP contribution is -2.44. The summed E-state index contributed by atoms with van der Waals surface area (Å²) in [4.78, 5) is 15.0. The van der Waals surface area contributed by atoms with Crippen molar-refractivity contribution in [3.8, 4) is 6.07 Å². The minimum absolute atomic E-state index is 0.0990. The molecule has 1 aliphatic heterocycles. The molecule has 2 aliphatic rings.